The number of ether oxygens (including phenoxy) is 2. The maximum Gasteiger partial charge on any atom is 0.252 e. The summed E-state index contributed by atoms with van der Waals surface area (Å²) < 4.78 is 37.5. The van der Waals surface area contributed by atoms with Crippen molar-refractivity contribution >= 4 is 26.8 Å². The van der Waals surface area contributed by atoms with Gasteiger partial charge >= 0.3 is 0 Å². The summed E-state index contributed by atoms with van der Waals surface area (Å²) in [4.78, 5) is 16.7. The van der Waals surface area contributed by atoms with Gasteiger partial charge in [-0.25, -0.2) is 8.42 Å². The van der Waals surface area contributed by atoms with Gasteiger partial charge in [0.25, 0.3) is 5.91 Å². The van der Waals surface area contributed by atoms with E-state index >= 15 is 0 Å². The van der Waals surface area contributed by atoms with Gasteiger partial charge in [-0.1, -0.05) is 17.9 Å². The molecular formula is C24H23N3O5S. The van der Waals surface area contributed by atoms with Crippen LogP contribution in [0.25, 0.3) is 10.9 Å². The Morgan fingerprint density at radius 2 is 1.88 bits per heavy atom. The molecule has 0 unspecified atom stereocenters. The number of rotatable bonds is 6. The molecule has 2 aromatic carbocycles. The van der Waals surface area contributed by atoms with Crippen LogP contribution in [0.2, 0.25) is 0 Å². The number of fused-ring (bicyclic) bond motifs is 1. The Balaban J connectivity index is 1.25. The fraction of sp³-hybridized carbons (Fsp3) is 0.250. The van der Waals surface area contributed by atoms with Crippen LogP contribution in [0.3, 0.4) is 0 Å². The molecule has 1 amide bonds. The van der Waals surface area contributed by atoms with Gasteiger partial charge in [0.05, 0.1) is 30.2 Å². The number of nitrogens with zero attached hydrogens (tertiary/aromatic N) is 2. The Morgan fingerprint density at radius 3 is 2.67 bits per heavy atom. The summed E-state index contributed by atoms with van der Waals surface area (Å²) in [6.45, 7) is 1.74. The number of sulfonamides is 1. The molecule has 8 nitrogen and oxygen atoms in total. The van der Waals surface area contributed by atoms with E-state index in [9.17, 15) is 13.2 Å². The van der Waals surface area contributed by atoms with E-state index in [-0.39, 0.29) is 24.0 Å². The third kappa shape index (κ3) is 5.68. The summed E-state index contributed by atoms with van der Waals surface area (Å²) in [5, 5.41) is 3.72. The molecule has 0 aliphatic carbocycles. The normalized spacial score (nSPS) is 14.3. The maximum absolute atomic E-state index is 12.6. The van der Waals surface area contributed by atoms with Crippen molar-refractivity contribution in [3.8, 4) is 17.6 Å². The van der Waals surface area contributed by atoms with Crippen LogP contribution in [-0.4, -0.2) is 63.1 Å². The zero-order chi connectivity index (χ0) is 23.1. The van der Waals surface area contributed by atoms with Crippen LogP contribution in [0.5, 0.6) is 5.75 Å². The van der Waals surface area contributed by atoms with Crippen LogP contribution >= 0.6 is 0 Å². The minimum absolute atomic E-state index is 0.148. The monoisotopic (exact) mass is 465 g/mol. The predicted octanol–water partition coefficient (Wildman–Crippen LogP) is 2.07. The van der Waals surface area contributed by atoms with Crippen molar-refractivity contribution in [1.82, 2.24) is 14.6 Å². The number of pyridine rings is 1. The lowest BCUT2D eigenvalue weighted by molar-refractivity contribution is 0.0730. The van der Waals surface area contributed by atoms with E-state index < -0.39 is 10.0 Å². The molecule has 1 N–H and O–H groups in total. The van der Waals surface area contributed by atoms with E-state index in [0.29, 0.717) is 37.6 Å². The summed E-state index contributed by atoms with van der Waals surface area (Å²) in [6, 6.07) is 15.4. The maximum atomic E-state index is 12.6. The molecule has 1 aliphatic rings. The van der Waals surface area contributed by atoms with E-state index in [4.69, 9.17) is 9.47 Å². The third-order valence-electron chi connectivity index (χ3n) is 5.08. The Kier molecular flexibility index (Phi) is 7.19. The Hall–Kier alpha value is -3.45. The average molecular weight is 466 g/mol. The Bertz CT molecular complexity index is 1290. The molecule has 1 fully saturated rings. The molecule has 4 rings (SSSR count). The topological polar surface area (TPSA) is 97.8 Å². The van der Waals surface area contributed by atoms with Crippen LogP contribution in [0.1, 0.15) is 10.4 Å². The summed E-state index contributed by atoms with van der Waals surface area (Å²) in [6.07, 6.45) is 1.73. The zero-order valence-corrected chi connectivity index (χ0v) is 18.7. The van der Waals surface area contributed by atoms with Crippen LogP contribution < -0.4 is 10.1 Å². The fourth-order valence-electron chi connectivity index (χ4n) is 3.31. The molecule has 170 valence electrons. The van der Waals surface area contributed by atoms with Gasteiger partial charge in [-0.2, -0.15) is 4.31 Å². The number of nitrogens with one attached hydrogen (secondary N) is 1. The second-order valence-electron chi connectivity index (χ2n) is 7.22. The van der Waals surface area contributed by atoms with Gasteiger partial charge in [-0.15, -0.1) is 0 Å². The Morgan fingerprint density at radius 1 is 1.09 bits per heavy atom. The highest BCUT2D eigenvalue weighted by molar-refractivity contribution is 7.89. The minimum atomic E-state index is -3.59. The first kappa shape index (κ1) is 22.7. The molecule has 1 saturated heterocycles. The molecule has 1 aliphatic heterocycles. The smallest absolute Gasteiger partial charge is 0.252 e. The van der Waals surface area contributed by atoms with Gasteiger partial charge in [0.2, 0.25) is 10.0 Å². The quantitative estimate of drug-likeness (QED) is 0.560. The number of hydrogen-bond donors (Lipinski definition) is 1. The van der Waals surface area contributed by atoms with E-state index in [1.807, 2.05) is 30.3 Å². The van der Waals surface area contributed by atoms with Crippen molar-refractivity contribution in [2.24, 2.45) is 0 Å². The van der Waals surface area contributed by atoms with Crippen molar-refractivity contribution in [1.29, 1.82) is 0 Å². The number of hydrogen-bond acceptors (Lipinski definition) is 6. The highest BCUT2D eigenvalue weighted by Gasteiger charge is 2.26. The minimum Gasteiger partial charge on any atom is -0.481 e. The number of aromatic nitrogens is 1. The van der Waals surface area contributed by atoms with Crippen LogP contribution in [0, 0.1) is 11.8 Å². The summed E-state index contributed by atoms with van der Waals surface area (Å²) in [7, 11) is -3.59. The van der Waals surface area contributed by atoms with Crippen molar-refractivity contribution in [2.45, 2.75) is 4.90 Å². The number of morpholine rings is 1. The summed E-state index contributed by atoms with van der Waals surface area (Å²) in [5.74, 6) is 6.03. The van der Waals surface area contributed by atoms with Gasteiger partial charge in [0.15, 0.2) is 0 Å². The van der Waals surface area contributed by atoms with E-state index in [1.54, 1.807) is 6.20 Å². The fourth-order valence-corrected chi connectivity index (χ4v) is 4.72. The van der Waals surface area contributed by atoms with E-state index in [2.05, 4.69) is 22.1 Å². The number of carbonyl (C=O) groups excluding carboxylic acids is 1. The van der Waals surface area contributed by atoms with Crippen LogP contribution in [0.4, 0.5) is 0 Å². The second-order valence-corrected chi connectivity index (χ2v) is 9.16. The summed E-state index contributed by atoms with van der Waals surface area (Å²) in [5.41, 5.74) is 1.21. The first-order valence-corrected chi connectivity index (χ1v) is 11.9. The molecule has 1 aromatic heterocycles. The van der Waals surface area contributed by atoms with E-state index in [0.717, 1.165) is 10.9 Å². The van der Waals surface area contributed by atoms with E-state index in [1.165, 1.54) is 28.6 Å². The van der Waals surface area contributed by atoms with Crippen molar-refractivity contribution < 1.29 is 22.7 Å². The lowest BCUT2D eigenvalue weighted by Gasteiger charge is -2.26. The van der Waals surface area contributed by atoms with Gasteiger partial charge in [-0.3, -0.25) is 9.78 Å². The van der Waals surface area contributed by atoms with Crippen molar-refractivity contribution in [3.05, 3.63) is 66.4 Å². The average Bonchev–Trinajstić information content (AvgIpc) is 2.86. The van der Waals surface area contributed by atoms with Crippen LogP contribution in [0.15, 0.2) is 65.7 Å². The van der Waals surface area contributed by atoms with Gasteiger partial charge in [-0.05, 0) is 42.5 Å². The molecule has 0 bridgehead atoms. The third-order valence-corrected chi connectivity index (χ3v) is 6.99. The second kappa shape index (κ2) is 10.4. The van der Waals surface area contributed by atoms with Crippen LogP contribution in [-0.2, 0) is 14.8 Å². The molecule has 2 heterocycles. The van der Waals surface area contributed by atoms with Crippen molar-refractivity contribution in [3.63, 3.8) is 0 Å². The standard InChI is InChI=1S/C24H23N3O5S/c28-24(20-6-9-22(10-7-20)33(29,30)27-13-16-31-17-14-27)26-11-1-2-15-32-21-8-5-19-4-3-12-25-23(19)18-21/h3-10,12,18H,11,13-17H2,(H,26,28). The molecule has 0 saturated carbocycles. The number of benzene rings is 2. The predicted molar refractivity (Wildman–Crippen MR) is 123 cm³/mol. The Labute approximate surface area is 192 Å². The lowest BCUT2D eigenvalue weighted by atomic mass is 10.2. The first-order valence-electron chi connectivity index (χ1n) is 10.4. The SMILES string of the molecule is O=C(NCC#CCOc1ccc2cccnc2c1)c1ccc(S(=O)(=O)N2CCOCC2)cc1. The molecule has 0 radical (unpaired) electrons. The van der Waals surface area contributed by atoms with Gasteiger partial charge in [0.1, 0.15) is 12.4 Å². The number of carbonyl (C=O) groups is 1. The molecule has 33 heavy (non-hydrogen) atoms. The largest absolute Gasteiger partial charge is 0.481 e. The van der Waals surface area contributed by atoms with Crippen molar-refractivity contribution in [2.75, 3.05) is 39.5 Å². The molecule has 3 aromatic rings. The highest BCUT2D eigenvalue weighted by atomic mass is 32.2. The lowest BCUT2D eigenvalue weighted by Crippen LogP contribution is -2.40. The number of amides is 1. The molecule has 9 heteroatoms. The summed E-state index contributed by atoms with van der Waals surface area (Å²) >= 11 is 0. The molecule has 0 atom stereocenters. The molecule has 0 spiro atoms. The zero-order valence-electron chi connectivity index (χ0n) is 17.9. The molecular weight excluding hydrogens is 442 g/mol. The van der Waals surface area contributed by atoms with Gasteiger partial charge < -0.3 is 14.8 Å². The van der Waals surface area contributed by atoms with Gasteiger partial charge in [0, 0.05) is 36.3 Å². The highest BCUT2D eigenvalue weighted by Crippen LogP contribution is 2.19. The first-order chi connectivity index (χ1) is 16.0.